The van der Waals surface area contributed by atoms with E-state index in [-0.39, 0.29) is 0 Å². The third-order valence-corrected chi connectivity index (χ3v) is 3.58. The summed E-state index contributed by atoms with van der Waals surface area (Å²) in [7, 11) is 0. The summed E-state index contributed by atoms with van der Waals surface area (Å²) in [4.78, 5) is 1.13. The maximum atomic E-state index is 4.30. The van der Waals surface area contributed by atoms with E-state index in [1.54, 1.807) is 22.0 Å². The Morgan fingerprint density at radius 2 is 2.00 bits per heavy atom. The van der Waals surface area contributed by atoms with Crippen LogP contribution in [0.15, 0.2) is 23.7 Å². The van der Waals surface area contributed by atoms with Crippen molar-refractivity contribution < 1.29 is 0 Å². The van der Waals surface area contributed by atoms with Crippen LogP contribution in [0.25, 0.3) is 16.3 Å². The van der Waals surface area contributed by atoms with E-state index in [1.165, 1.54) is 5.56 Å². The predicted octanol–water partition coefficient (Wildman–Crippen LogP) is 2.47. The minimum absolute atomic E-state index is 0.824. The lowest BCUT2D eigenvalue weighted by atomic mass is 10.3. The molecule has 3 heterocycles. The van der Waals surface area contributed by atoms with E-state index in [2.05, 4.69) is 33.7 Å². The number of rotatable bonds is 1. The molecule has 0 bridgehead atoms. The summed E-state index contributed by atoms with van der Waals surface area (Å²) in [5.41, 5.74) is 3.12. The Morgan fingerprint density at radius 3 is 2.75 bits per heavy atom. The van der Waals surface area contributed by atoms with Gasteiger partial charge < -0.3 is 0 Å². The lowest BCUT2D eigenvalue weighted by Gasteiger charge is -1.98. The van der Waals surface area contributed by atoms with Gasteiger partial charge >= 0.3 is 0 Å². The third-order valence-electron chi connectivity index (χ3n) is 2.57. The summed E-state index contributed by atoms with van der Waals surface area (Å²) >= 11 is 1.66. The molecule has 0 saturated carbocycles. The maximum absolute atomic E-state index is 4.30. The van der Waals surface area contributed by atoms with Crippen molar-refractivity contribution >= 4 is 17.0 Å². The van der Waals surface area contributed by atoms with Crippen molar-refractivity contribution in [3.63, 3.8) is 0 Å². The first kappa shape index (κ1) is 9.47. The molecule has 16 heavy (non-hydrogen) atoms. The van der Waals surface area contributed by atoms with Gasteiger partial charge in [0.2, 0.25) is 0 Å². The van der Waals surface area contributed by atoms with Crippen LogP contribution in [0, 0.1) is 13.8 Å². The average Bonchev–Trinajstić information content (AvgIpc) is 2.84. The van der Waals surface area contributed by atoms with E-state index >= 15 is 0 Å². The maximum Gasteiger partial charge on any atom is 0.195 e. The number of aryl methyl sites for hydroxylation is 2. The quantitative estimate of drug-likeness (QED) is 0.645. The molecule has 4 nitrogen and oxygen atoms in total. The van der Waals surface area contributed by atoms with Crippen LogP contribution in [0.5, 0.6) is 0 Å². The molecule has 0 atom stereocenters. The highest BCUT2D eigenvalue weighted by molar-refractivity contribution is 7.13. The summed E-state index contributed by atoms with van der Waals surface area (Å²) in [6.07, 6.45) is 1.78. The zero-order chi connectivity index (χ0) is 11.1. The Morgan fingerprint density at radius 1 is 1.12 bits per heavy atom. The minimum Gasteiger partial charge on any atom is -0.192 e. The van der Waals surface area contributed by atoms with E-state index in [1.807, 2.05) is 13.0 Å². The fourth-order valence-corrected chi connectivity index (χ4v) is 2.56. The standard InChI is InChI=1S/C11H10N4S/c1-7-4-6-16-9(7)11-14-13-10-8(2)3-5-12-15(10)11/h3-6H,1-2H3. The summed E-state index contributed by atoms with van der Waals surface area (Å²) in [6.45, 7) is 4.08. The summed E-state index contributed by atoms with van der Waals surface area (Å²) in [5.74, 6) is 0.825. The number of hydrogen-bond acceptors (Lipinski definition) is 4. The molecular weight excluding hydrogens is 220 g/mol. The van der Waals surface area contributed by atoms with Gasteiger partial charge in [-0.15, -0.1) is 21.5 Å². The molecule has 0 aliphatic rings. The number of hydrogen-bond donors (Lipinski definition) is 0. The van der Waals surface area contributed by atoms with Crippen molar-refractivity contribution in [3.05, 3.63) is 34.8 Å². The number of fused-ring (bicyclic) bond motifs is 1. The van der Waals surface area contributed by atoms with Gasteiger partial charge in [-0.1, -0.05) is 0 Å². The molecular formula is C11H10N4S. The van der Waals surface area contributed by atoms with Crippen molar-refractivity contribution in [3.8, 4) is 10.7 Å². The molecule has 0 fully saturated rings. The Bertz CT molecular complexity index is 653. The van der Waals surface area contributed by atoms with Crippen LogP contribution in [0.3, 0.4) is 0 Å². The van der Waals surface area contributed by atoms with Gasteiger partial charge in [-0.05, 0) is 42.5 Å². The third kappa shape index (κ3) is 1.25. The van der Waals surface area contributed by atoms with Crippen LogP contribution < -0.4 is 0 Å². The minimum atomic E-state index is 0.824. The molecule has 0 aliphatic carbocycles. The summed E-state index contributed by atoms with van der Waals surface area (Å²) in [6, 6.07) is 4.02. The van der Waals surface area contributed by atoms with Gasteiger partial charge in [0.1, 0.15) is 0 Å². The molecule has 80 valence electrons. The molecule has 3 aromatic rings. The van der Waals surface area contributed by atoms with E-state index < -0.39 is 0 Å². The van der Waals surface area contributed by atoms with E-state index in [9.17, 15) is 0 Å². The molecule has 3 aromatic heterocycles. The Labute approximate surface area is 96.6 Å². The van der Waals surface area contributed by atoms with Crippen LogP contribution in [-0.4, -0.2) is 19.8 Å². The Hall–Kier alpha value is -1.75. The second kappa shape index (κ2) is 3.38. The highest BCUT2D eigenvalue weighted by Crippen LogP contribution is 2.27. The van der Waals surface area contributed by atoms with Gasteiger partial charge in [-0.25, -0.2) is 0 Å². The SMILES string of the molecule is Cc1ccsc1-c1nnc2c(C)ccnn12. The molecule has 5 heteroatoms. The van der Waals surface area contributed by atoms with Crippen molar-refractivity contribution in [1.82, 2.24) is 19.8 Å². The summed E-state index contributed by atoms with van der Waals surface area (Å²) in [5, 5.41) is 14.7. The first-order chi connectivity index (χ1) is 7.77. The molecule has 0 aromatic carbocycles. The Balaban J connectivity index is 2.34. The highest BCUT2D eigenvalue weighted by Gasteiger charge is 2.13. The molecule has 0 unspecified atom stereocenters. The van der Waals surface area contributed by atoms with Gasteiger partial charge in [0.25, 0.3) is 0 Å². The number of thiophene rings is 1. The molecule has 0 amide bonds. The first-order valence-electron chi connectivity index (χ1n) is 4.99. The largest absolute Gasteiger partial charge is 0.195 e. The van der Waals surface area contributed by atoms with Crippen LogP contribution in [0.2, 0.25) is 0 Å². The van der Waals surface area contributed by atoms with Crippen LogP contribution >= 0.6 is 11.3 Å². The van der Waals surface area contributed by atoms with Gasteiger partial charge in [0.05, 0.1) is 4.88 Å². The Kier molecular flexibility index (Phi) is 2.00. The fourth-order valence-electron chi connectivity index (χ4n) is 1.66. The van der Waals surface area contributed by atoms with Crippen molar-refractivity contribution in [2.75, 3.05) is 0 Å². The van der Waals surface area contributed by atoms with E-state index in [0.29, 0.717) is 0 Å². The zero-order valence-electron chi connectivity index (χ0n) is 9.01. The highest BCUT2D eigenvalue weighted by atomic mass is 32.1. The second-order valence-corrected chi connectivity index (χ2v) is 4.62. The van der Waals surface area contributed by atoms with Crippen molar-refractivity contribution in [1.29, 1.82) is 0 Å². The molecule has 0 spiro atoms. The molecule has 0 radical (unpaired) electrons. The normalized spacial score (nSPS) is 11.1. The number of nitrogens with zero attached hydrogens (tertiary/aromatic N) is 4. The molecule has 0 N–H and O–H groups in total. The predicted molar refractivity (Wildman–Crippen MR) is 63.6 cm³/mol. The van der Waals surface area contributed by atoms with Gasteiger partial charge in [0, 0.05) is 6.20 Å². The second-order valence-electron chi connectivity index (χ2n) is 3.71. The van der Waals surface area contributed by atoms with E-state index in [0.717, 1.165) is 21.9 Å². The fraction of sp³-hybridized carbons (Fsp3) is 0.182. The molecule has 3 rings (SSSR count). The first-order valence-corrected chi connectivity index (χ1v) is 5.87. The van der Waals surface area contributed by atoms with Crippen LogP contribution in [0.1, 0.15) is 11.1 Å². The van der Waals surface area contributed by atoms with Crippen molar-refractivity contribution in [2.45, 2.75) is 13.8 Å². The van der Waals surface area contributed by atoms with Crippen LogP contribution in [0.4, 0.5) is 0 Å². The van der Waals surface area contributed by atoms with E-state index in [4.69, 9.17) is 0 Å². The van der Waals surface area contributed by atoms with Gasteiger partial charge in [-0.2, -0.15) is 9.61 Å². The summed E-state index contributed by atoms with van der Waals surface area (Å²) < 4.78 is 1.80. The average molecular weight is 230 g/mol. The van der Waals surface area contributed by atoms with Gasteiger partial charge in [0.15, 0.2) is 11.5 Å². The van der Waals surface area contributed by atoms with Crippen molar-refractivity contribution in [2.24, 2.45) is 0 Å². The smallest absolute Gasteiger partial charge is 0.192 e. The monoisotopic (exact) mass is 230 g/mol. The molecule has 0 aliphatic heterocycles. The van der Waals surface area contributed by atoms with Gasteiger partial charge in [-0.3, -0.25) is 0 Å². The molecule has 0 saturated heterocycles. The van der Waals surface area contributed by atoms with Crippen LogP contribution in [-0.2, 0) is 0 Å². The number of aromatic nitrogens is 4. The lowest BCUT2D eigenvalue weighted by molar-refractivity contribution is 0.930. The zero-order valence-corrected chi connectivity index (χ0v) is 9.82. The topological polar surface area (TPSA) is 43.1 Å². The lowest BCUT2D eigenvalue weighted by Crippen LogP contribution is -1.95.